The summed E-state index contributed by atoms with van der Waals surface area (Å²) in [5.41, 5.74) is 0.926. The predicted molar refractivity (Wildman–Crippen MR) is 111 cm³/mol. The Bertz CT molecular complexity index is 883. The van der Waals surface area contributed by atoms with Gasteiger partial charge in [0.15, 0.2) is 0 Å². The van der Waals surface area contributed by atoms with Crippen molar-refractivity contribution in [3.8, 4) is 0 Å². The third-order valence-corrected chi connectivity index (χ3v) is 8.36. The molecule has 2 atom stereocenters. The first kappa shape index (κ1) is 20.5. The van der Waals surface area contributed by atoms with Crippen molar-refractivity contribution < 1.29 is 13.2 Å². The van der Waals surface area contributed by atoms with E-state index in [9.17, 15) is 13.2 Å². The fraction of sp³-hybridized carbons (Fsp3) is 0.421. The molecule has 0 spiro atoms. The number of sulfonamides is 1. The predicted octanol–water partition coefficient (Wildman–Crippen LogP) is 3.80. The highest BCUT2D eigenvalue weighted by Crippen LogP contribution is 2.26. The van der Waals surface area contributed by atoms with Crippen molar-refractivity contribution in [3.63, 3.8) is 0 Å². The Labute approximate surface area is 173 Å². The van der Waals surface area contributed by atoms with Gasteiger partial charge in [-0.25, -0.2) is 8.42 Å². The topological polar surface area (TPSA) is 66.5 Å². The maximum atomic E-state index is 13.2. The van der Waals surface area contributed by atoms with Gasteiger partial charge in [0.25, 0.3) is 10.0 Å². The quantitative estimate of drug-likeness (QED) is 0.697. The summed E-state index contributed by atoms with van der Waals surface area (Å²) in [4.78, 5) is 15.0. The number of carbonyl (C=O) groups excluding carboxylic acids is 1. The van der Waals surface area contributed by atoms with Crippen LogP contribution in [0.15, 0.2) is 50.5 Å². The summed E-state index contributed by atoms with van der Waals surface area (Å²) in [6, 6.07) is 12.1. The molecule has 146 valence electrons. The van der Waals surface area contributed by atoms with Crippen LogP contribution in [0.1, 0.15) is 31.7 Å². The third kappa shape index (κ3) is 5.19. The van der Waals surface area contributed by atoms with Gasteiger partial charge in [-0.1, -0.05) is 30.3 Å². The Kier molecular flexibility index (Phi) is 6.73. The fourth-order valence-electron chi connectivity index (χ4n) is 3.34. The number of piperidine rings is 1. The van der Waals surface area contributed by atoms with Crippen LogP contribution >= 0.6 is 27.3 Å². The molecule has 5 nitrogen and oxygen atoms in total. The first-order valence-electron chi connectivity index (χ1n) is 8.99. The molecule has 1 saturated heterocycles. The van der Waals surface area contributed by atoms with E-state index < -0.39 is 16.1 Å². The lowest BCUT2D eigenvalue weighted by Crippen LogP contribution is -2.53. The van der Waals surface area contributed by atoms with Crippen molar-refractivity contribution >= 4 is 43.2 Å². The summed E-state index contributed by atoms with van der Waals surface area (Å²) >= 11 is 4.43. The van der Waals surface area contributed by atoms with Gasteiger partial charge >= 0.3 is 0 Å². The van der Waals surface area contributed by atoms with Gasteiger partial charge in [0, 0.05) is 12.6 Å². The van der Waals surface area contributed by atoms with Crippen LogP contribution in [0.3, 0.4) is 0 Å². The van der Waals surface area contributed by atoms with Crippen LogP contribution in [-0.4, -0.2) is 37.9 Å². The molecule has 0 aliphatic carbocycles. The molecule has 1 N–H and O–H groups in total. The van der Waals surface area contributed by atoms with E-state index in [1.54, 1.807) is 12.1 Å². The molecule has 1 aliphatic rings. The Morgan fingerprint density at radius 1 is 1.26 bits per heavy atom. The van der Waals surface area contributed by atoms with Gasteiger partial charge in [-0.05, 0) is 66.2 Å². The largest absolute Gasteiger partial charge is 0.339 e. The van der Waals surface area contributed by atoms with Crippen LogP contribution in [0.25, 0.3) is 0 Å². The van der Waals surface area contributed by atoms with Gasteiger partial charge in [-0.2, -0.15) is 4.72 Å². The highest BCUT2D eigenvalue weighted by molar-refractivity contribution is 9.11. The molecule has 1 aliphatic heterocycles. The van der Waals surface area contributed by atoms with E-state index in [2.05, 4.69) is 20.7 Å². The highest BCUT2D eigenvalue weighted by Gasteiger charge is 2.33. The minimum absolute atomic E-state index is 0.130. The Morgan fingerprint density at radius 2 is 2.00 bits per heavy atom. The van der Waals surface area contributed by atoms with Crippen molar-refractivity contribution in [3.05, 3.63) is 51.8 Å². The second-order valence-electron chi connectivity index (χ2n) is 6.80. The molecule has 3 rings (SSSR count). The van der Waals surface area contributed by atoms with Crippen LogP contribution < -0.4 is 4.72 Å². The molecule has 0 radical (unpaired) electrons. The molecular formula is C19H23BrN2O3S2. The second-order valence-corrected chi connectivity index (χ2v) is 11.2. The van der Waals surface area contributed by atoms with Gasteiger partial charge in [-0.3, -0.25) is 4.79 Å². The van der Waals surface area contributed by atoms with Crippen LogP contribution in [0.2, 0.25) is 0 Å². The minimum Gasteiger partial charge on any atom is -0.339 e. The highest BCUT2D eigenvalue weighted by atomic mass is 79.9. The molecule has 27 heavy (non-hydrogen) atoms. The zero-order chi connectivity index (χ0) is 19.4. The number of hydrogen-bond acceptors (Lipinski definition) is 4. The van der Waals surface area contributed by atoms with Crippen LogP contribution in [0.5, 0.6) is 0 Å². The molecule has 0 unspecified atom stereocenters. The van der Waals surface area contributed by atoms with E-state index in [1.165, 1.54) is 0 Å². The van der Waals surface area contributed by atoms with Crippen LogP contribution in [0, 0.1) is 0 Å². The van der Waals surface area contributed by atoms with E-state index in [1.807, 2.05) is 42.2 Å². The lowest BCUT2D eigenvalue weighted by Gasteiger charge is -2.36. The summed E-state index contributed by atoms with van der Waals surface area (Å²) in [6.07, 6.45) is 3.34. The number of carbonyl (C=O) groups is 1. The lowest BCUT2D eigenvalue weighted by atomic mass is 10.0. The first-order chi connectivity index (χ1) is 12.9. The molecule has 1 aromatic heterocycles. The average Bonchev–Trinajstić information content (AvgIpc) is 3.09. The average molecular weight is 471 g/mol. The third-order valence-electron chi connectivity index (χ3n) is 4.78. The number of likely N-dealkylation sites (tertiary alicyclic amines) is 1. The van der Waals surface area contributed by atoms with Gasteiger partial charge < -0.3 is 4.90 Å². The SMILES string of the molecule is C[C@@H]1CCCCN1C(=O)[C@H](Cc1ccccc1)NS(=O)(=O)c1ccc(Br)s1. The molecule has 0 saturated carbocycles. The summed E-state index contributed by atoms with van der Waals surface area (Å²) in [5, 5.41) is 0. The number of thiophene rings is 1. The smallest absolute Gasteiger partial charge is 0.250 e. The van der Waals surface area contributed by atoms with Gasteiger partial charge in [0.05, 0.1) is 3.79 Å². The number of nitrogens with one attached hydrogen (secondary N) is 1. The van der Waals surface area contributed by atoms with E-state index in [-0.39, 0.29) is 16.2 Å². The molecule has 1 amide bonds. The number of halogens is 1. The normalized spacial score (nSPS) is 19.0. The maximum Gasteiger partial charge on any atom is 0.250 e. The maximum absolute atomic E-state index is 13.2. The van der Waals surface area contributed by atoms with E-state index >= 15 is 0 Å². The Hall–Kier alpha value is -1.22. The van der Waals surface area contributed by atoms with Crippen molar-refractivity contribution in [1.82, 2.24) is 9.62 Å². The van der Waals surface area contributed by atoms with E-state index in [4.69, 9.17) is 0 Å². The number of nitrogens with zero attached hydrogens (tertiary/aromatic N) is 1. The van der Waals surface area contributed by atoms with E-state index in [0.717, 1.165) is 39.9 Å². The Balaban J connectivity index is 1.86. The zero-order valence-corrected chi connectivity index (χ0v) is 18.3. The van der Waals surface area contributed by atoms with Crippen molar-refractivity contribution in [2.24, 2.45) is 0 Å². The van der Waals surface area contributed by atoms with Crippen molar-refractivity contribution in [2.45, 2.75) is 48.9 Å². The molecule has 8 heteroatoms. The number of hydrogen-bond donors (Lipinski definition) is 1. The van der Waals surface area contributed by atoms with Crippen LogP contribution in [0.4, 0.5) is 0 Å². The van der Waals surface area contributed by atoms with Crippen LogP contribution in [-0.2, 0) is 21.2 Å². The summed E-state index contributed by atoms with van der Waals surface area (Å²) in [6.45, 7) is 2.71. The first-order valence-corrected chi connectivity index (χ1v) is 12.1. The standard InChI is InChI=1S/C19H23BrN2O3S2/c1-14-7-5-6-12-22(14)19(23)16(13-15-8-3-2-4-9-15)21-27(24,25)18-11-10-17(20)26-18/h2-4,8-11,14,16,21H,5-7,12-13H2,1H3/t14-,16+/m1/s1. The Morgan fingerprint density at radius 3 is 2.63 bits per heavy atom. The molecule has 0 bridgehead atoms. The number of amides is 1. The molecule has 2 aromatic rings. The summed E-state index contributed by atoms with van der Waals surface area (Å²) in [7, 11) is -3.77. The van der Waals surface area contributed by atoms with Gasteiger partial charge in [0.1, 0.15) is 10.3 Å². The lowest BCUT2D eigenvalue weighted by molar-refractivity contribution is -0.136. The molecule has 2 heterocycles. The van der Waals surface area contributed by atoms with Crippen molar-refractivity contribution in [1.29, 1.82) is 0 Å². The molecular weight excluding hydrogens is 448 g/mol. The monoisotopic (exact) mass is 470 g/mol. The second kappa shape index (κ2) is 8.86. The minimum atomic E-state index is -3.77. The summed E-state index contributed by atoms with van der Waals surface area (Å²) < 4.78 is 29.2. The number of rotatable bonds is 6. The van der Waals surface area contributed by atoms with Gasteiger partial charge in [-0.15, -0.1) is 11.3 Å². The molecule has 1 fully saturated rings. The summed E-state index contributed by atoms with van der Waals surface area (Å²) in [5.74, 6) is -0.148. The molecule has 1 aromatic carbocycles. The zero-order valence-electron chi connectivity index (χ0n) is 15.1. The van der Waals surface area contributed by atoms with Gasteiger partial charge in [0.2, 0.25) is 5.91 Å². The number of benzene rings is 1. The fourth-order valence-corrected chi connectivity index (χ4v) is 6.56. The van der Waals surface area contributed by atoms with E-state index in [0.29, 0.717) is 13.0 Å². The van der Waals surface area contributed by atoms with Crippen molar-refractivity contribution in [2.75, 3.05) is 6.54 Å².